The van der Waals surface area contributed by atoms with Crippen molar-refractivity contribution in [2.75, 3.05) is 18.2 Å². The highest BCUT2D eigenvalue weighted by atomic mass is 32.2. The molecule has 1 amide bonds. The Morgan fingerprint density at radius 3 is 2.42 bits per heavy atom. The predicted octanol–water partition coefficient (Wildman–Crippen LogP) is 3.92. The fourth-order valence-corrected chi connectivity index (χ4v) is 5.02. The second-order valence-electron chi connectivity index (χ2n) is 8.53. The van der Waals surface area contributed by atoms with Gasteiger partial charge in [0.05, 0.1) is 40.8 Å². The van der Waals surface area contributed by atoms with Crippen LogP contribution in [0.3, 0.4) is 0 Å². The normalized spacial score (nSPS) is 11.0. The summed E-state index contributed by atoms with van der Waals surface area (Å²) in [5.41, 5.74) is 2.04. The average Bonchev–Trinajstić information content (AvgIpc) is 3.15. The number of nitrogens with zero attached hydrogens (tertiary/aromatic N) is 4. The van der Waals surface area contributed by atoms with Gasteiger partial charge in [0.25, 0.3) is 11.1 Å². The van der Waals surface area contributed by atoms with E-state index >= 15 is 0 Å². The number of carbonyl (C=O) groups excluding carboxylic acids is 1. The van der Waals surface area contributed by atoms with Crippen LogP contribution in [0.25, 0.3) is 22.3 Å². The molecule has 0 radical (unpaired) electrons. The number of para-hydroxylation sites is 2. The topological polar surface area (TPSA) is 100 Å². The number of nitrogens with one attached hydrogen (secondary N) is 1. The minimum Gasteiger partial charge on any atom is -0.497 e. The third kappa shape index (κ3) is 4.61. The molecule has 0 spiro atoms. The van der Waals surface area contributed by atoms with Crippen molar-refractivity contribution in [1.82, 2.24) is 18.9 Å². The fraction of sp³-hybridized carbons (Fsp3) is 0.143. The van der Waals surface area contributed by atoms with Crippen molar-refractivity contribution < 1.29 is 9.53 Å². The van der Waals surface area contributed by atoms with Gasteiger partial charge in [-0.1, -0.05) is 48.2 Å². The summed E-state index contributed by atoms with van der Waals surface area (Å²) in [6, 6.07) is 23.4. The maximum absolute atomic E-state index is 13.5. The molecule has 0 aliphatic rings. The first kappa shape index (κ1) is 25.1. The molecule has 38 heavy (non-hydrogen) atoms. The van der Waals surface area contributed by atoms with Crippen LogP contribution in [0.1, 0.15) is 5.69 Å². The van der Waals surface area contributed by atoms with Crippen LogP contribution in [0.15, 0.2) is 93.6 Å². The highest BCUT2D eigenvalue weighted by Gasteiger charge is 2.20. The van der Waals surface area contributed by atoms with E-state index in [1.165, 1.54) is 9.25 Å². The van der Waals surface area contributed by atoms with Crippen LogP contribution in [-0.4, -0.2) is 37.7 Å². The molecule has 192 valence electrons. The van der Waals surface area contributed by atoms with Crippen LogP contribution in [-0.2, 0) is 11.8 Å². The number of ether oxygens (including phenoxy) is 1. The number of rotatable bonds is 7. The molecule has 2 aromatic heterocycles. The number of methoxy groups -OCH3 is 1. The number of thioether (sulfide) groups is 1. The number of benzene rings is 3. The number of carbonyl (C=O) groups is 1. The molecule has 1 N–H and O–H groups in total. The molecule has 9 nitrogen and oxygen atoms in total. The number of amides is 1. The summed E-state index contributed by atoms with van der Waals surface area (Å²) in [5, 5.41) is 3.57. The lowest BCUT2D eigenvalue weighted by Gasteiger charge is -2.14. The van der Waals surface area contributed by atoms with E-state index in [2.05, 4.69) is 10.3 Å². The van der Waals surface area contributed by atoms with Gasteiger partial charge < -0.3 is 10.1 Å². The molecule has 0 fully saturated rings. The zero-order chi connectivity index (χ0) is 26.8. The molecule has 0 unspecified atom stereocenters. The molecule has 3 aromatic carbocycles. The SMILES string of the molecule is COc1cccc(-n2c(SCC(=O)Nc3c(C)n(C)n(-c4ccccc4)c3=O)nc3ccccc3c2=O)c1. The lowest BCUT2D eigenvalue weighted by molar-refractivity contribution is -0.113. The van der Waals surface area contributed by atoms with Gasteiger partial charge in [-0.15, -0.1) is 0 Å². The third-order valence-electron chi connectivity index (χ3n) is 6.21. The monoisotopic (exact) mass is 527 g/mol. The van der Waals surface area contributed by atoms with Gasteiger partial charge in [0, 0.05) is 13.1 Å². The molecule has 0 bridgehead atoms. The Labute approximate surface area is 222 Å². The Hall–Kier alpha value is -4.57. The van der Waals surface area contributed by atoms with Gasteiger partial charge in [0.15, 0.2) is 5.16 Å². The molecule has 10 heteroatoms. The minimum absolute atomic E-state index is 0.0616. The standard InChI is InChI=1S/C28H25N5O4S/c1-18-25(27(36)33(31(18)2)19-10-5-4-6-11-19)30-24(34)17-38-28-29-23-15-8-7-14-22(23)26(35)32(28)20-12-9-13-21(16-20)37-3/h4-16H,17H2,1-3H3,(H,30,34). The molecule has 5 rings (SSSR count). The number of anilines is 1. The van der Waals surface area contributed by atoms with Crippen molar-refractivity contribution in [2.45, 2.75) is 12.1 Å². The van der Waals surface area contributed by atoms with Crippen molar-refractivity contribution >= 4 is 34.3 Å². The molecule has 0 atom stereocenters. The Bertz CT molecular complexity index is 1770. The molecule has 5 aromatic rings. The van der Waals surface area contributed by atoms with E-state index < -0.39 is 0 Å². The smallest absolute Gasteiger partial charge is 0.295 e. The molecule has 0 saturated heterocycles. The van der Waals surface area contributed by atoms with Crippen molar-refractivity contribution in [3.8, 4) is 17.1 Å². The van der Waals surface area contributed by atoms with E-state index in [0.717, 1.165) is 11.8 Å². The van der Waals surface area contributed by atoms with E-state index in [4.69, 9.17) is 4.74 Å². The Morgan fingerprint density at radius 2 is 1.66 bits per heavy atom. The highest BCUT2D eigenvalue weighted by Crippen LogP contribution is 2.24. The van der Waals surface area contributed by atoms with E-state index in [0.29, 0.717) is 38.9 Å². The summed E-state index contributed by atoms with van der Waals surface area (Å²) in [6.07, 6.45) is 0. The molecular formula is C28H25N5O4S. The summed E-state index contributed by atoms with van der Waals surface area (Å²) in [5.74, 6) is 0.138. The predicted molar refractivity (Wildman–Crippen MR) is 149 cm³/mol. The number of aromatic nitrogens is 4. The first-order chi connectivity index (χ1) is 18.4. The van der Waals surface area contributed by atoms with Crippen LogP contribution in [0.5, 0.6) is 5.75 Å². The van der Waals surface area contributed by atoms with E-state index in [-0.39, 0.29) is 28.5 Å². The number of hydrogen-bond donors (Lipinski definition) is 1. The maximum Gasteiger partial charge on any atom is 0.295 e. The molecule has 0 aliphatic carbocycles. The molecule has 0 aliphatic heterocycles. The first-order valence-corrected chi connectivity index (χ1v) is 12.8. The quantitative estimate of drug-likeness (QED) is 0.254. The summed E-state index contributed by atoms with van der Waals surface area (Å²) in [6.45, 7) is 1.77. The van der Waals surface area contributed by atoms with Crippen LogP contribution < -0.4 is 21.2 Å². The Morgan fingerprint density at radius 1 is 0.947 bits per heavy atom. The first-order valence-electron chi connectivity index (χ1n) is 11.8. The summed E-state index contributed by atoms with van der Waals surface area (Å²) in [4.78, 5) is 44.3. The summed E-state index contributed by atoms with van der Waals surface area (Å²) < 4.78 is 10.0. The lowest BCUT2D eigenvalue weighted by atomic mass is 10.2. The van der Waals surface area contributed by atoms with Crippen LogP contribution >= 0.6 is 11.8 Å². The second-order valence-corrected chi connectivity index (χ2v) is 9.47. The lowest BCUT2D eigenvalue weighted by Crippen LogP contribution is -2.25. The van der Waals surface area contributed by atoms with Gasteiger partial charge >= 0.3 is 0 Å². The fourth-order valence-electron chi connectivity index (χ4n) is 4.20. The average molecular weight is 528 g/mol. The second kappa shape index (κ2) is 10.4. The van der Waals surface area contributed by atoms with Gasteiger partial charge in [0.1, 0.15) is 11.4 Å². The zero-order valence-corrected chi connectivity index (χ0v) is 21.9. The molecule has 0 saturated carbocycles. The Kier molecular flexibility index (Phi) is 6.89. The van der Waals surface area contributed by atoms with Crippen molar-refractivity contribution in [3.05, 3.63) is 105 Å². The van der Waals surface area contributed by atoms with Crippen LogP contribution in [0, 0.1) is 6.92 Å². The van der Waals surface area contributed by atoms with Crippen molar-refractivity contribution in [1.29, 1.82) is 0 Å². The largest absolute Gasteiger partial charge is 0.497 e. The third-order valence-corrected chi connectivity index (χ3v) is 7.15. The Balaban J connectivity index is 1.46. The molecular weight excluding hydrogens is 502 g/mol. The van der Waals surface area contributed by atoms with Crippen LogP contribution in [0.4, 0.5) is 5.69 Å². The summed E-state index contributed by atoms with van der Waals surface area (Å²) >= 11 is 1.11. The van der Waals surface area contributed by atoms with E-state index in [9.17, 15) is 14.4 Å². The minimum atomic E-state index is -0.388. The summed E-state index contributed by atoms with van der Waals surface area (Å²) in [7, 11) is 3.32. The van der Waals surface area contributed by atoms with Gasteiger partial charge in [-0.05, 0) is 43.3 Å². The zero-order valence-electron chi connectivity index (χ0n) is 21.0. The van der Waals surface area contributed by atoms with Crippen molar-refractivity contribution in [2.24, 2.45) is 7.05 Å². The van der Waals surface area contributed by atoms with E-state index in [1.54, 1.807) is 68.2 Å². The maximum atomic E-state index is 13.5. The molecule has 2 heterocycles. The van der Waals surface area contributed by atoms with Gasteiger partial charge in [-0.2, -0.15) is 0 Å². The highest BCUT2D eigenvalue weighted by molar-refractivity contribution is 7.99. The number of hydrogen-bond acceptors (Lipinski definition) is 6. The van der Waals surface area contributed by atoms with Crippen molar-refractivity contribution in [3.63, 3.8) is 0 Å². The van der Waals surface area contributed by atoms with Gasteiger partial charge in [-0.3, -0.25) is 23.6 Å². The van der Waals surface area contributed by atoms with Gasteiger partial charge in [0.2, 0.25) is 5.91 Å². The van der Waals surface area contributed by atoms with Crippen LogP contribution in [0.2, 0.25) is 0 Å². The van der Waals surface area contributed by atoms with Gasteiger partial charge in [-0.25, -0.2) is 9.67 Å². The number of fused-ring (bicyclic) bond motifs is 1. The van der Waals surface area contributed by atoms with E-state index in [1.807, 2.05) is 36.4 Å².